The molecule has 13 heavy (non-hydrogen) atoms. The van der Waals surface area contributed by atoms with Gasteiger partial charge in [-0.15, -0.1) is 0 Å². The summed E-state index contributed by atoms with van der Waals surface area (Å²) < 4.78 is 18.3. The van der Waals surface area contributed by atoms with E-state index in [1.165, 1.54) is 13.2 Å². The molecule has 70 valence electrons. The van der Waals surface area contributed by atoms with E-state index in [2.05, 4.69) is 5.32 Å². The zero-order valence-corrected chi connectivity index (χ0v) is 7.56. The summed E-state index contributed by atoms with van der Waals surface area (Å²) in [5.74, 6) is 0.120. The third-order valence-corrected chi connectivity index (χ3v) is 2.34. The first-order valence-electron chi connectivity index (χ1n) is 4.42. The van der Waals surface area contributed by atoms with Gasteiger partial charge in [0.05, 0.1) is 7.11 Å². The number of anilines is 1. The maximum atomic E-state index is 13.2. The Morgan fingerprint density at radius 2 is 2.31 bits per heavy atom. The molecule has 0 aliphatic carbocycles. The van der Waals surface area contributed by atoms with E-state index in [1.807, 2.05) is 0 Å². The van der Waals surface area contributed by atoms with Crippen molar-refractivity contribution in [3.8, 4) is 5.75 Å². The van der Waals surface area contributed by atoms with E-state index in [9.17, 15) is 4.39 Å². The first-order chi connectivity index (χ1) is 6.33. The fraction of sp³-hybridized carbons (Fsp3) is 0.400. The Balaban J connectivity index is 2.52. The third kappa shape index (κ3) is 1.34. The normalized spacial score (nSPS) is 14.6. The molecule has 0 amide bonds. The molecule has 2 nitrogen and oxygen atoms in total. The van der Waals surface area contributed by atoms with E-state index in [1.54, 1.807) is 6.07 Å². The van der Waals surface area contributed by atoms with Crippen molar-refractivity contribution < 1.29 is 9.13 Å². The lowest BCUT2D eigenvalue weighted by Gasteiger charge is -2.20. The van der Waals surface area contributed by atoms with Gasteiger partial charge in [0.2, 0.25) is 0 Å². The zero-order valence-electron chi connectivity index (χ0n) is 7.56. The maximum Gasteiger partial charge on any atom is 0.165 e. The molecule has 3 heteroatoms. The van der Waals surface area contributed by atoms with Crippen LogP contribution < -0.4 is 10.1 Å². The van der Waals surface area contributed by atoms with E-state index in [0.717, 1.165) is 30.6 Å². The van der Waals surface area contributed by atoms with Gasteiger partial charge < -0.3 is 10.1 Å². The SMILES string of the molecule is COc1c(F)ccc2c1CCCN2. The Morgan fingerprint density at radius 1 is 1.46 bits per heavy atom. The predicted octanol–water partition coefficient (Wildman–Crippen LogP) is 2.19. The van der Waals surface area contributed by atoms with Crippen molar-refractivity contribution >= 4 is 5.69 Å². The van der Waals surface area contributed by atoms with Crippen LogP contribution in [0.1, 0.15) is 12.0 Å². The molecule has 0 atom stereocenters. The van der Waals surface area contributed by atoms with Crippen LogP contribution in [0.3, 0.4) is 0 Å². The summed E-state index contributed by atoms with van der Waals surface area (Å²) in [6.07, 6.45) is 1.93. The lowest BCUT2D eigenvalue weighted by atomic mass is 10.0. The number of ether oxygens (including phenoxy) is 1. The van der Waals surface area contributed by atoms with Gasteiger partial charge in [-0.05, 0) is 25.0 Å². The lowest BCUT2D eigenvalue weighted by molar-refractivity contribution is 0.381. The summed E-state index contributed by atoms with van der Waals surface area (Å²) >= 11 is 0. The second-order valence-corrected chi connectivity index (χ2v) is 3.14. The fourth-order valence-electron chi connectivity index (χ4n) is 1.72. The number of rotatable bonds is 1. The van der Waals surface area contributed by atoms with E-state index >= 15 is 0 Å². The number of hydrogen-bond donors (Lipinski definition) is 1. The van der Waals surface area contributed by atoms with Crippen molar-refractivity contribution in [1.82, 2.24) is 0 Å². The van der Waals surface area contributed by atoms with E-state index in [0.29, 0.717) is 5.75 Å². The van der Waals surface area contributed by atoms with Gasteiger partial charge in [0, 0.05) is 17.8 Å². The molecule has 1 aliphatic rings. The topological polar surface area (TPSA) is 21.3 Å². The van der Waals surface area contributed by atoms with Gasteiger partial charge in [-0.2, -0.15) is 0 Å². The highest BCUT2D eigenvalue weighted by atomic mass is 19.1. The Bertz CT molecular complexity index is 325. The molecule has 1 aromatic rings. The van der Waals surface area contributed by atoms with Gasteiger partial charge in [-0.25, -0.2) is 4.39 Å². The van der Waals surface area contributed by atoms with Crippen molar-refractivity contribution in [3.05, 3.63) is 23.5 Å². The number of hydrogen-bond acceptors (Lipinski definition) is 2. The molecule has 0 saturated heterocycles. The van der Waals surface area contributed by atoms with Crippen molar-refractivity contribution in [2.24, 2.45) is 0 Å². The summed E-state index contributed by atoms with van der Waals surface area (Å²) in [5, 5.41) is 3.22. The van der Waals surface area contributed by atoms with Gasteiger partial charge in [0.15, 0.2) is 11.6 Å². The molecule has 0 fully saturated rings. The predicted molar refractivity (Wildman–Crippen MR) is 49.8 cm³/mol. The minimum Gasteiger partial charge on any atom is -0.493 e. The molecule has 0 bridgehead atoms. The minimum absolute atomic E-state index is 0.273. The summed E-state index contributed by atoms with van der Waals surface area (Å²) in [6.45, 7) is 0.960. The number of halogens is 1. The Kier molecular flexibility index (Phi) is 2.08. The molecule has 1 heterocycles. The maximum absolute atomic E-state index is 13.2. The van der Waals surface area contributed by atoms with Crippen molar-refractivity contribution in [2.75, 3.05) is 19.0 Å². The number of methoxy groups -OCH3 is 1. The smallest absolute Gasteiger partial charge is 0.165 e. The molecule has 0 radical (unpaired) electrons. The van der Waals surface area contributed by atoms with Gasteiger partial charge in [0.1, 0.15) is 0 Å². The highest BCUT2D eigenvalue weighted by molar-refractivity contribution is 5.59. The van der Waals surface area contributed by atoms with Crippen LogP contribution in [-0.4, -0.2) is 13.7 Å². The van der Waals surface area contributed by atoms with Crippen LogP contribution in [0.5, 0.6) is 5.75 Å². The molecule has 0 spiro atoms. The van der Waals surface area contributed by atoms with Crippen molar-refractivity contribution in [2.45, 2.75) is 12.8 Å². The Morgan fingerprint density at radius 3 is 3.08 bits per heavy atom. The lowest BCUT2D eigenvalue weighted by Crippen LogP contribution is -2.13. The van der Waals surface area contributed by atoms with Gasteiger partial charge in [-0.1, -0.05) is 0 Å². The average molecular weight is 181 g/mol. The second-order valence-electron chi connectivity index (χ2n) is 3.14. The van der Waals surface area contributed by atoms with Crippen LogP contribution in [0.25, 0.3) is 0 Å². The first kappa shape index (κ1) is 8.35. The molecule has 1 aliphatic heterocycles. The van der Waals surface area contributed by atoms with Gasteiger partial charge in [0.25, 0.3) is 0 Å². The summed E-state index contributed by atoms with van der Waals surface area (Å²) in [5.41, 5.74) is 1.97. The highest BCUT2D eigenvalue weighted by Crippen LogP contribution is 2.32. The Labute approximate surface area is 76.7 Å². The fourth-order valence-corrected chi connectivity index (χ4v) is 1.72. The molecule has 0 unspecified atom stereocenters. The Hall–Kier alpha value is -1.25. The molecule has 2 rings (SSSR count). The molecular weight excluding hydrogens is 169 g/mol. The molecule has 0 saturated carbocycles. The largest absolute Gasteiger partial charge is 0.493 e. The van der Waals surface area contributed by atoms with Gasteiger partial charge >= 0.3 is 0 Å². The minimum atomic E-state index is -0.273. The van der Waals surface area contributed by atoms with E-state index in [4.69, 9.17) is 4.74 Å². The van der Waals surface area contributed by atoms with Crippen LogP contribution in [-0.2, 0) is 6.42 Å². The summed E-state index contributed by atoms with van der Waals surface area (Å²) in [4.78, 5) is 0. The van der Waals surface area contributed by atoms with Crippen molar-refractivity contribution in [1.29, 1.82) is 0 Å². The van der Waals surface area contributed by atoms with Gasteiger partial charge in [-0.3, -0.25) is 0 Å². The number of nitrogens with one attached hydrogen (secondary N) is 1. The van der Waals surface area contributed by atoms with Crippen LogP contribution in [0.2, 0.25) is 0 Å². The molecule has 1 N–H and O–H groups in total. The highest BCUT2D eigenvalue weighted by Gasteiger charge is 2.16. The molecule has 0 aromatic heterocycles. The average Bonchev–Trinajstić information content (AvgIpc) is 2.18. The number of benzene rings is 1. The number of fused-ring (bicyclic) bond motifs is 1. The molecule has 1 aromatic carbocycles. The summed E-state index contributed by atoms with van der Waals surface area (Å²) in [7, 11) is 1.51. The van der Waals surface area contributed by atoms with E-state index in [-0.39, 0.29) is 5.82 Å². The molecular formula is C10H12FNO. The van der Waals surface area contributed by atoms with E-state index < -0.39 is 0 Å². The monoisotopic (exact) mass is 181 g/mol. The summed E-state index contributed by atoms with van der Waals surface area (Å²) in [6, 6.07) is 3.21. The first-order valence-corrected chi connectivity index (χ1v) is 4.42. The van der Waals surface area contributed by atoms with Crippen LogP contribution in [0.4, 0.5) is 10.1 Å². The third-order valence-electron chi connectivity index (χ3n) is 2.34. The van der Waals surface area contributed by atoms with Crippen LogP contribution >= 0.6 is 0 Å². The quantitative estimate of drug-likeness (QED) is 0.717. The standard InChI is InChI=1S/C10H12FNO/c1-13-10-7-3-2-6-12-9(7)5-4-8(10)11/h4-5,12H,2-3,6H2,1H3. The van der Waals surface area contributed by atoms with Crippen molar-refractivity contribution in [3.63, 3.8) is 0 Å². The zero-order chi connectivity index (χ0) is 9.26. The second kappa shape index (κ2) is 3.24. The van der Waals surface area contributed by atoms with Crippen LogP contribution in [0.15, 0.2) is 12.1 Å². The van der Waals surface area contributed by atoms with Crippen LogP contribution in [0, 0.1) is 5.82 Å².